The molecule has 0 N–H and O–H groups in total. The minimum atomic E-state index is 1.32. The monoisotopic (exact) mass is 226 g/mol. The molecule has 0 radical (unpaired) electrons. The second-order valence-corrected chi connectivity index (χ2v) is 2.15. The first-order chi connectivity index (χ1) is 7.91. The highest BCUT2D eigenvalue weighted by Gasteiger charge is 1.58. The summed E-state index contributed by atoms with van der Waals surface area (Å²) in [5, 5.41) is 0. The molecule has 0 fully saturated rings. The number of unbranched alkanes of at least 4 members (excludes halogenated alkanes) is 1. The van der Waals surface area contributed by atoms with Gasteiger partial charge in [-0.25, -0.2) is 0 Å². The molecule has 0 aliphatic heterocycles. The lowest BCUT2D eigenvalue weighted by Crippen LogP contribution is -1.47. The Balaban J connectivity index is -0.0000000639. The van der Waals surface area contributed by atoms with Crippen molar-refractivity contribution in [2.24, 2.45) is 0 Å². The molecule has 0 aromatic heterocycles. The van der Waals surface area contributed by atoms with Crippen LogP contribution in [0.2, 0.25) is 0 Å². The lowest BCUT2D eigenvalue weighted by atomic mass is 10.4. The van der Waals surface area contributed by atoms with Crippen molar-refractivity contribution in [3.05, 3.63) is 36.4 Å². The SMILES string of the molecule is CC.CC.CC.CCCC.c1ccccc1. The maximum absolute atomic E-state index is 2.18. The van der Waals surface area contributed by atoms with E-state index in [2.05, 4.69) is 13.8 Å². The highest BCUT2D eigenvalue weighted by molar-refractivity contribution is 4.99. The van der Waals surface area contributed by atoms with Crippen molar-refractivity contribution < 1.29 is 0 Å². The van der Waals surface area contributed by atoms with Crippen LogP contribution in [0.5, 0.6) is 0 Å². The Bertz CT molecular complexity index is 92.0. The molecule has 0 spiro atoms. The van der Waals surface area contributed by atoms with Crippen molar-refractivity contribution >= 4 is 0 Å². The maximum atomic E-state index is 2.18. The number of rotatable bonds is 1. The van der Waals surface area contributed by atoms with Crippen molar-refractivity contribution in [3.8, 4) is 0 Å². The van der Waals surface area contributed by atoms with Gasteiger partial charge in [-0.15, -0.1) is 0 Å². The largest absolute Gasteiger partial charge is 0.0683 e. The third-order valence-electron chi connectivity index (χ3n) is 1.17. The summed E-state index contributed by atoms with van der Waals surface area (Å²) in [5.41, 5.74) is 0. The molecule has 16 heavy (non-hydrogen) atoms. The zero-order valence-corrected chi connectivity index (χ0v) is 12.9. The van der Waals surface area contributed by atoms with Gasteiger partial charge in [-0.2, -0.15) is 0 Å². The fraction of sp³-hybridized carbons (Fsp3) is 0.625. The zero-order valence-electron chi connectivity index (χ0n) is 12.9. The average Bonchev–Trinajstić information content (AvgIpc) is 2.47. The van der Waals surface area contributed by atoms with Gasteiger partial charge in [-0.1, -0.05) is 105 Å². The molecule has 98 valence electrons. The van der Waals surface area contributed by atoms with E-state index in [9.17, 15) is 0 Å². The number of hydrogen-bond donors (Lipinski definition) is 0. The molecule has 0 atom stereocenters. The van der Waals surface area contributed by atoms with Gasteiger partial charge < -0.3 is 0 Å². The Kier molecular flexibility index (Phi) is 72.8. The van der Waals surface area contributed by atoms with Gasteiger partial charge in [0, 0.05) is 0 Å². The molecule has 0 bridgehead atoms. The van der Waals surface area contributed by atoms with Crippen LogP contribution in [0, 0.1) is 0 Å². The fourth-order valence-corrected chi connectivity index (χ4v) is 0.385. The van der Waals surface area contributed by atoms with Crippen LogP contribution in [0.4, 0.5) is 0 Å². The van der Waals surface area contributed by atoms with Gasteiger partial charge in [-0.05, 0) is 0 Å². The van der Waals surface area contributed by atoms with E-state index in [1.807, 2.05) is 77.9 Å². The van der Waals surface area contributed by atoms with Crippen LogP contribution < -0.4 is 0 Å². The van der Waals surface area contributed by atoms with Crippen LogP contribution in [0.1, 0.15) is 68.2 Å². The third-order valence-corrected chi connectivity index (χ3v) is 1.17. The quantitative estimate of drug-likeness (QED) is 0.508. The first kappa shape index (κ1) is 24.4. The number of hydrogen-bond acceptors (Lipinski definition) is 0. The van der Waals surface area contributed by atoms with Gasteiger partial charge in [0.15, 0.2) is 0 Å². The van der Waals surface area contributed by atoms with Crippen molar-refractivity contribution in [1.82, 2.24) is 0 Å². The number of benzene rings is 1. The molecule has 1 aromatic carbocycles. The van der Waals surface area contributed by atoms with E-state index in [1.165, 1.54) is 12.8 Å². The highest BCUT2D eigenvalue weighted by Crippen LogP contribution is 1.79. The predicted octanol–water partition coefficient (Wildman–Crippen LogP) is 6.57. The van der Waals surface area contributed by atoms with Crippen LogP contribution in [-0.2, 0) is 0 Å². The first-order valence-electron chi connectivity index (χ1n) is 6.91. The Morgan fingerprint density at radius 1 is 0.438 bits per heavy atom. The molecular weight excluding hydrogens is 192 g/mol. The van der Waals surface area contributed by atoms with Gasteiger partial charge in [-0.3, -0.25) is 0 Å². The van der Waals surface area contributed by atoms with E-state index in [-0.39, 0.29) is 0 Å². The Labute approximate surface area is 105 Å². The van der Waals surface area contributed by atoms with E-state index in [1.54, 1.807) is 0 Å². The predicted molar refractivity (Wildman–Crippen MR) is 81.1 cm³/mol. The van der Waals surface area contributed by atoms with Crippen molar-refractivity contribution in [2.75, 3.05) is 0 Å². The van der Waals surface area contributed by atoms with E-state index in [0.29, 0.717) is 0 Å². The average molecular weight is 226 g/mol. The van der Waals surface area contributed by atoms with Crippen LogP contribution >= 0.6 is 0 Å². The molecule has 0 saturated heterocycles. The minimum Gasteiger partial charge on any atom is -0.0683 e. The summed E-state index contributed by atoms with van der Waals surface area (Å²) in [5.74, 6) is 0. The molecular formula is C16H34. The van der Waals surface area contributed by atoms with Crippen LogP contribution in [0.3, 0.4) is 0 Å². The first-order valence-corrected chi connectivity index (χ1v) is 6.91. The smallest absolute Gasteiger partial charge is 0.0564 e. The fourth-order valence-electron chi connectivity index (χ4n) is 0.385. The van der Waals surface area contributed by atoms with Crippen LogP contribution in [0.25, 0.3) is 0 Å². The molecule has 1 aromatic rings. The molecule has 0 amide bonds. The zero-order chi connectivity index (χ0) is 13.7. The molecule has 0 aliphatic rings. The molecule has 0 heteroatoms. The van der Waals surface area contributed by atoms with Gasteiger partial charge >= 0.3 is 0 Å². The second-order valence-electron chi connectivity index (χ2n) is 2.15. The summed E-state index contributed by atoms with van der Waals surface area (Å²) in [4.78, 5) is 0. The van der Waals surface area contributed by atoms with Crippen LogP contribution in [0.15, 0.2) is 36.4 Å². The Morgan fingerprint density at radius 3 is 0.625 bits per heavy atom. The Hall–Kier alpha value is -0.780. The summed E-state index contributed by atoms with van der Waals surface area (Å²) in [6, 6.07) is 12.0. The molecule has 0 nitrogen and oxygen atoms in total. The van der Waals surface area contributed by atoms with Crippen molar-refractivity contribution in [1.29, 1.82) is 0 Å². The molecule has 0 aliphatic carbocycles. The summed E-state index contributed by atoms with van der Waals surface area (Å²) >= 11 is 0. The van der Waals surface area contributed by atoms with Crippen molar-refractivity contribution in [2.45, 2.75) is 68.2 Å². The minimum absolute atomic E-state index is 1.32. The van der Waals surface area contributed by atoms with Gasteiger partial charge in [0.05, 0.1) is 0 Å². The summed E-state index contributed by atoms with van der Waals surface area (Å²) in [7, 11) is 0. The van der Waals surface area contributed by atoms with Gasteiger partial charge in [0.2, 0.25) is 0 Å². The summed E-state index contributed by atoms with van der Waals surface area (Å²) in [6.45, 7) is 16.4. The Morgan fingerprint density at radius 2 is 0.562 bits per heavy atom. The van der Waals surface area contributed by atoms with Crippen LogP contribution in [-0.4, -0.2) is 0 Å². The standard InChI is InChI=1S/C6H6.C4H10.3C2H6/c1-2-4-6-5-3-1;1-3-4-2;3*1-2/h1-6H;3-4H2,1-2H3;3*1-2H3. The van der Waals surface area contributed by atoms with E-state index < -0.39 is 0 Å². The molecule has 0 saturated carbocycles. The lowest BCUT2D eigenvalue weighted by Gasteiger charge is -1.69. The van der Waals surface area contributed by atoms with Gasteiger partial charge in [0.1, 0.15) is 0 Å². The van der Waals surface area contributed by atoms with E-state index in [4.69, 9.17) is 0 Å². The molecule has 0 heterocycles. The van der Waals surface area contributed by atoms with Crippen molar-refractivity contribution in [3.63, 3.8) is 0 Å². The molecule has 0 unspecified atom stereocenters. The summed E-state index contributed by atoms with van der Waals surface area (Å²) < 4.78 is 0. The topological polar surface area (TPSA) is 0 Å². The molecule has 1 rings (SSSR count). The van der Waals surface area contributed by atoms with E-state index >= 15 is 0 Å². The third kappa shape index (κ3) is 51.0. The second kappa shape index (κ2) is 47.7. The maximum Gasteiger partial charge on any atom is -0.0564 e. The summed E-state index contributed by atoms with van der Waals surface area (Å²) in [6.07, 6.45) is 2.64. The van der Waals surface area contributed by atoms with Gasteiger partial charge in [0.25, 0.3) is 0 Å². The van der Waals surface area contributed by atoms with E-state index in [0.717, 1.165) is 0 Å². The normalized spacial score (nSPS) is 6.00. The highest BCUT2D eigenvalue weighted by atomic mass is 13.6. The lowest BCUT2D eigenvalue weighted by molar-refractivity contribution is 0.886.